The van der Waals surface area contributed by atoms with Crippen LogP contribution >= 0.6 is 0 Å². The molecule has 0 spiro atoms. The van der Waals surface area contributed by atoms with E-state index in [0.717, 1.165) is 0 Å². The predicted molar refractivity (Wildman–Crippen MR) is 101 cm³/mol. The third kappa shape index (κ3) is 6.23. The number of ether oxygens (including phenoxy) is 1. The van der Waals surface area contributed by atoms with E-state index >= 15 is 0 Å². The maximum atomic E-state index is 12.4. The molecule has 0 aromatic heterocycles. The van der Waals surface area contributed by atoms with Gasteiger partial charge in [-0.05, 0) is 24.4 Å². The lowest BCUT2D eigenvalue weighted by Crippen LogP contribution is -2.64. The molecule has 1 aliphatic rings. The number of Topliss-reactive ketones (excluding diaryl/α,β-unsaturated/α-hetero) is 1. The highest BCUT2D eigenvalue weighted by Crippen LogP contribution is 2.39. The van der Waals surface area contributed by atoms with Crippen LogP contribution in [0.4, 0.5) is 0 Å². The Bertz CT molecular complexity index is 650. The van der Waals surface area contributed by atoms with Crippen molar-refractivity contribution in [2.24, 2.45) is 17.3 Å². The molecule has 1 aliphatic heterocycles. The maximum Gasteiger partial charge on any atom is 0.441 e. The van der Waals surface area contributed by atoms with Gasteiger partial charge in [0, 0.05) is 19.1 Å². The Labute approximate surface area is 161 Å². The predicted octanol–water partition coefficient (Wildman–Crippen LogP) is 1.39. The number of esters is 1. The number of carbonyl (C=O) groups is 3. The summed E-state index contributed by atoms with van der Waals surface area (Å²) in [6.07, 6.45) is 1.19. The highest BCUT2D eigenvalue weighted by Gasteiger charge is 2.50. The lowest BCUT2D eigenvalue weighted by Gasteiger charge is -2.46. The van der Waals surface area contributed by atoms with Gasteiger partial charge in [-0.1, -0.05) is 33.4 Å². The summed E-state index contributed by atoms with van der Waals surface area (Å²) in [5.74, 6) is -2.37. The first kappa shape index (κ1) is 22.9. The van der Waals surface area contributed by atoms with Gasteiger partial charge in [-0.25, -0.2) is 4.79 Å². The number of nitrogens with one attached hydrogen (secondary N) is 1. The standard InChI is InChI=1S/C18H28N3O5Si/c1-7-8-25-17(24)15(21-19)13(22)9-12-14(16(23)20-12)11(18(2,3)4)10-26-27(5)6/h7,11-12,14H,1,8-10H2,2-6H3,(H,20,23)/t11-,12-,14+/m1/s1. The van der Waals surface area contributed by atoms with Gasteiger partial charge in [-0.3, -0.25) is 9.59 Å². The van der Waals surface area contributed by atoms with E-state index in [1.807, 2.05) is 33.9 Å². The molecule has 1 rings (SSSR count). The lowest BCUT2D eigenvalue weighted by molar-refractivity contribution is -0.144. The number of hydrogen-bond acceptors (Lipinski definition) is 5. The van der Waals surface area contributed by atoms with Crippen molar-refractivity contribution in [3.8, 4) is 0 Å². The zero-order valence-electron chi connectivity index (χ0n) is 16.6. The molecule has 1 radical (unpaired) electrons. The number of nitrogens with zero attached hydrogens (tertiary/aromatic N) is 2. The summed E-state index contributed by atoms with van der Waals surface area (Å²) in [4.78, 5) is 39.2. The Morgan fingerprint density at radius 1 is 1.41 bits per heavy atom. The molecule has 1 fully saturated rings. The number of ketones is 1. The summed E-state index contributed by atoms with van der Waals surface area (Å²) in [7, 11) is -0.921. The lowest BCUT2D eigenvalue weighted by atomic mass is 9.66. The van der Waals surface area contributed by atoms with Crippen molar-refractivity contribution < 1.29 is 28.3 Å². The van der Waals surface area contributed by atoms with Crippen LogP contribution in [-0.4, -0.2) is 56.5 Å². The summed E-state index contributed by atoms with van der Waals surface area (Å²) in [5, 5.41) is 2.71. The van der Waals surface area contributed by atoms with Gasteiger partial charge >= 0.3 is 11.7 Å². The molecule has 8 nitrogen and oxygen atoms in total. The maximum absolute atomic E-state index is 12.4. The first-order valence-electron chi connectivity index (χ1n) is 8.79. The number of amides is 1. The summed E-state index contributed by atoms with van der Waals surface area (Å²) in [6.45, 7) is 13.8. The molecule has 0 aliphatic carbocycles. The molecule has 1 N–H and O–H groups in total. The third-order valence-corrected chi connectivity index (χ3v) is 5.20. The van der Waals surface area contributed by atoms with Gasteiger partial charge in [0.05, 0.1) is 5.92 Å². The first-order valence-corrected chi connectivity index (χ1v) is 11.2. The van der Waals surface area contributed by atoms with Crippen molar-refractivity contribution in [1.29, 1.82) is 0 Å². The third-order valence-electron chi connectivity index (χ3n) is 4.46. The SMILES string of the molecule is C=CCOC(=O)C(=[N+]=[N-])C(=O)C[C@H]1NC(=O)[C@H]1[C@@H](CO[Si](C)C)C(C)(C)C. The van der Waals surface area contributed by atoms with E-state index < -0.39 is 38.5 Å². The molecule has 0 aromatic rings. The van der Waals surface area contributed by atoms with E-state index in [9.17, 15) is 14.4 Å². The minimum absolute atomic E-state index is 0.0915. The molecule has 1 amide bonds. The average Bonchev–Trinajstić information content (AvgIpc) is 2.55. The van der Waals surface area contributed by atoms with Crippen molar-refractivity contribution >= 4 is 32.4 Å². The van der Waals surface area contributed by atoms with Crippen molar-refractivity contribution in [2.75, 3.05) is 13.2 Å². The van der Waals surface area contributed by atoms with Gasteiger partial charge in [0.25, 0.3) is 5.78 Å². The minimum atomic E-state index is -1.02. The average molecular weight is 395 g/mol. The van der Waals surface area contributed by atoms with Gasteiger partial charge in [-0.2, -0.15) is 4.79 Å². The van der Waals surface area contributed by atoms with Crippen molar-refractivity contribution in [2.45, 2.75) is 46.3 Å². The number of hydrogen-bond donors (Lipinski definition) is 1. The van der Waals surface area contributed by atoms with Gasteiger partial charge in [-0.15, -0.1) is 0 Å². The molecule has 3 atom stereocenters. The van der Waals surface area contributed by atoms with Crippen LogP contribution in [0, 0.1) is 17.3 Å². The van der Waals surface area contributed by atoms with E-state index in [1.165, 1.54) is 6.08 Å². The van der Waals surface area contributed by atoms with Crippen molar-refractivity contribution in [3.63, 3.8) is 0 Å². The zero-order valence-corrected chi connectivity index (χ0v) is 17.6. The number of carbonyl (C=O) groups excluding carboxylic acids is 3. The second-order valence-corrected chi connectivity index (χ2v) is 9.90. The van der Waals surface area contributed by atoms with E-state index in [-0.39, 0.29) is 30.3 Å². The monoisotopic (exact) mass is 394 g/mol. The van der Waals surface area contributed by atoms with Crippen LogP contribution in [0.15, 0.2) is 12.7 Å². The summed E-state index contributed by atoms with van der Waals surface area (Å²) in [6, 6.07) is -0.453. The van der Waals surface area contributed by atoms with Crippen LogP contribution in [0.3, 0.4) is 0 Å². The quantitative estimate of drug-likeness (QED) is 0.0878. The van der Waals surface area contributed by atoms with E-state index in [2.05, 4.69) is 16.7 Å². The van der Waals surface area contributed by atoms with Gasteiger partial charge in [0.15, 0.2) is 0 Å². The summed E-state index contributed by atoms with van der Waals surface area (Å²) in [5.41, 5.74) is 8.11. The molecule has 1 heterocycles. The zero-order chi connectivity index (χ0) is 20.8. The largest absolute Gasteiger partial charge is 0.453 e. The van der Waals surface area contributed by atoms with Crippen LogP contribution in [0.2, 0.25) is 13.1 Å². The molecule has 9 heteroatoms. The van der Waals surface area contributed by atoms with Gasteiger partial charge in [0.2, 0.25) is 14.9 Å². The van der Waals surface area contributed by atoms with E-state index in [1.54, 1.807) is 0 Å². The van der Waals surface area contributed by atoms with Crippen LogP contribution in [0.25, 0.3) is 5.53 Å². The molecule has 0 unspecified atom stereocenters. The Morgan fingerprint density at radius 2 is 2.04 bits per heavy atom. The highest BCUT2D eigenvalue weighted by molar-refractivity contribution is 6.62. The Balaban J connectivity index is 2.88. The van der Waals surface area contributed by atoms with E-state index in [0.29, 0.717) is 6.61 Å². The van der Waals surface area contributed by atoms with Crippen LogP contribution in [0.1, 0.15) is 27.2 Å². The van der Waals surface area contributed by atoms with Gasteiger partial charge < -0.3 is 20.0 Å². The molecule has 0 saturated carbocycles. The summed E-state index contributed by atoms with van der Waals surface area (Å²) < 4.78 is 10.6. The molecule has 1 saturated heterocycles. The van der Waals surface area contributed by atoms with Crippen molar-refractivity contribution in [1.82, 2.24) is 5.32 Å². The van der Waals surface area contributed by atoms with Gasteiger partial charge in [0.1, 0.15) is 6.61 Å². The first-order chi connectivity index (χ1) is 12.5. The van der Waals surface area contributed by atoms with Crippen molar-refractivity contribution in [3.05, 3.63) is 18.2 Å². The molecular formula is C18H28N3O5Si. The molecule has 0 bridgehead atoms. The Kier molecular flexibility index (Phi) is 8.27. The molecule has 149 valence electrons. The normalized spacial score (nSPS) is 20.1. The second kappa shape index (κ2) is 9.73. The molecular weight excluding hydrogens is 366 g/mol. The van der Waals surface area contributed by atoms with Crippen LogP contribution in [0.5, 0.6) is 0 Å². The summed E-state index contributed by atoms with van der Waals surface area (Å²) >= 11 is 0. The second-order valence-electron chi connectivity index (χ2n) is 7.80. The topological polar surface area (TPSA) is 118 Å². The fourth-order valence-electron chi connectivity index (χ4n) is 2.95. The smallest absolute Gasteiger partial charge is 0.441 e. The van der Waals surface area contributed by atoms with E-state index in [4.69, 9.17) is 14.7 Å². The Hall–Kier alpha value is -2.09. The number of β-lactam (4-membered cyclic amide) rings is 1. The fourth-order valence-corrected chi connectivity index (χ4v) is 3.47. The highest BCUT2D eigenvalue weighted by atomic mass is 28.3. The minimum Gasteiger partial charge on any atom is -0.453 e. The fraction of sp³-hybridized carbons (Fsp3) is 0.667. The van der Waals surface area contributed by atoms with Crippen LogP contribution < -0.4 is 5.32 Å². The van der Waals surface area contributed by atoms with Crippen LogP contribution in [-0.2, 0) is 23.5 Å². The molecule has 27 heavy (non-hydrogen) atoms. The molecule has 0 aromatic carbocycles. The Morgan fingerprint density at radius 3 is 2.48 bits per heavy atom. The number of rotatable bonds is 10.